The second kappa shape index (κ2) is 5.51. The van der Waals surface area contributed by atoms with Crippen molar-refractivity contribution < 1.29 is 17.9 Å². The molecule has 20 heavy (non-hydrogen) atoms. The summed E-state index contributed by atoms with van der Waals surface area (Å²) in [5.41, 5.74) is 5.42. The molecule has 1 heterocycles. The van der Waals surface area contributed by atoms with Crippen molar-refractivity contribution >= 4 is 15.9 Å². The first kappa shape index (κ1) is 15.0. The van der Waals surface area contributed by atoms with Crippen molar-refractivity contribution in [2.45, 2.75) is 31.0 Å². The van der Waals surface area contributed by atoms with Crippen LogP contribution in [0, 0.1) is 0 Å². The molecule has 1 aliphatic heterocycles. The van der Waals surface area contributed by atoms with Gasteiger partial charge in [0.05, 0.1) is 17.1 Å². The predicted molar refractivity (Wildman–Crippen MR) is 73.7 cm³/mol. The van der Waals surface area contributed by atoms with Gasteiger partial charge < -0.3 is 10.5 Å². The van der Waals surface area contributed by atoms with Gasteiger partial charge in [-0.1, -0.05) is 0 Å². The maximum atomic E-state index is 12.5. The SMILES string of the molecule is C[C@@H]1CN(S(=O)(=O)c2ccc(C(N)=O)cc2)C[C@@H](C)O1. The molecule has 1 fully saturated rings. The highest BCUT2D eigenvalue weighted by atomic mass is 32.2. The van der Waals surface area contributed by atoms with Crippen LogP contribution in [0.5, 0.6) is 0 Å². The highest BCUT2D eigenvalue weighted by molar-refractivity contribution is 7.89. The number of carbonyl (C=O) groups is 1. The fraction of sp³-hybridized carbons (Fsp3) is 0.462. The fourth-order valence-corrected chi connectivity index (χ4v) is 3.86. The number of primary amides is 1. The molecule has 7 heteroatoms. The Morgan fingerprint density at radius 1 is 1.20 bits per heavy atom. The van der Waals surface area contributed by atoms with E-state index in [4.69, 9.17) is 10.5 Å². The Morgan fingerprint density at radius 3 is 2.15 bits per heavy atom. The number of nitrogens with zero attached hydrogens (tertiary/aromatic N) is 1. The molecule has 2 rings (SSSR count). The van der Waals surface area contributed by atoms with Crippen LogP contribution in [0.2, 0.25) is 0 Å². The van der Waals surface area contributed by atoms with Gasteiger partial charge in [0.1, 0.15) is 0 Å². The number of benzene rings is 1. The van der Waals surface area contributed by atoms with Crippen LogP contribution >= 0.6 is 0 Å². The summed E-state index contributed by atoms with van der Waals surface area (Å²) in [5.74, 6) is -0.581. The van der Waals surface area contributed by atoms with Crippen molar-refractivity contribution in [2.24, 2.45) is 5.73 Å². The van der Waals surface area contributed by atoms with Gasteiger partial charge in [-0.25, -0.2) is 8.42 Å². The van der Waals surface area contributed by atoms with Crippen molar-refractivity contribution in [3.8, 4) is 0 Å². The highest BCUT2D eigenvalue weighted by Gasteiger charge is 2.32. The van der Waals surface area contributed by atoms with Crippen LogP contribution in [-0.2, 0) is 14.8 Å². The fourth-order valence-electron chi connectivity index (χ4n) is 2.27. The molecule has 0 spiro atoms. The van der Waals surface area contributed by atoms with Crippen molar-refractivity contribution in [1.82, 2.24) is 4.31 Å². The summed E-state index contributed by atoms with van der Waals surface area (Å²) >= 11 is 0. The first-order chi connectivity index (χ1) is 9.30. The second-order valence-electron chi connectivity index (χ2n) is 4.97. The summed E-state index contributed by atoms with van der Waals surface area (Å²) in [6.45, 7) is 4.33. The van der Waals surface area contributed by atoms with Gasteiger partial charge in [-0.05, 0) is 38.1 Å². The third kappa shape index (κ3) is 3.00. The minimum Gasteiger partial charge on any atom is -0.373 e. The normalized spacial score (nSPS) is 24.5. The Labute approximate surface area is 118 Å². The summed E-state index contributed by atoms with van der Waals surface area (Å²) in [4.78, 5) is 11.2. The minimum atomic E-state index is -3.57. The van der Waals surface area contributed by atoms with Crippen LogP contribution in [0.1, 0.15) is 24.2 Å². The van der Waals surface area contributed by atoms with Gasteiger partial charge in [-0.3, -0.25) is 4.79 Å². The molecule has 0 bridgehead atoms. The Kier molecular flexibility index (Phi) is 4.12. The summed E-state index contributed by atoms with van der Waals surface area (Å²) in [6, 6.07) is 5.64. The third-order valence-electron chi connectivity index (χ3n) is 3.16. The van der Waals surface area contributed by atoms with Crippen LogP contribution in [-0.4, -0.2) is 43.9 Å². The zero-order valence-electron chi connectivity index (χ0n) is 11.4. The van der Waals surface area contributed by atoms with E-state index in [0.717, 1.165) is 0 Å². The Bertz CT molecular complexity index is 587. The summed E-state index contributed by atoms with van der Waals surface area (Å²) in [6.07, 6.45) is -0.281. The second-order valence-corrected chi connectivity index (χ2v) is 6.91. The topological polar surface area (TPSA) is 89.7 Å². The molecule has 2 N–H and O–H groups in total. The largest absolute Gasteiger partial charge is 0.373 e. The predicted octanol–water partition coefficient (Wildman–Crippen LogP) is 0.583. The molecule has 0 aliphatic carbocycles. The van der Waals surface area contributed by atoms with Crippen molar-refractivity contribution in [3.63, 3.8) is 0 Å². The molecular formula is C13H18N2O4S. The van der Waals surface area contributed by atoms with E-state index in [1.807, 2.05) is 13.8 Å². The van der Waals surface area contributed by atoms with E-state index in [0.29, 0.717) is 13.1 Å². The molecule has 1 aliphatic rings. The molecule has 1 amide bonds. The number of morpholine rings is 1. The van der Waals surface area contributed by atoms with Crippen molar-refractivity contribution in [1.29, 1.82) is 0 Å². The molecule has 2 atom stereocenters. The molecule has 1 saturated heterocycles. The number of carbonyl (C=O) groups excluding carboxylic acids is 1. The monoisotopic (exact) mass is 298 g/mol. The lowest BCUT2D eigenvalue weighted by Gasteiger charge is -2.34. The summed E-state index contributed by atoms with van der Waals surface area (Å²) in [5, 5.41) is 0. The lowest BCUT2D eigenvalue weighted by Crippen LogP contribution is -2.48. The highest BCUT2D eigenvalue weighted by Crippen LogP contribution is 2.21. The molecule has 1 aromatic carbocycles. The molecule has 0 saturated carbocycles. The number of amides is 1. The van der Waals surface area contributed by atoms with Crippen LogP contribution in [0.4, 0.5) is 0 Å². The van der Waals surface area contributed by atoms with Crippen LogP contribution < -0.4 is 5.73 Å². The summed E-state index contributed by atoms with van der Waals surface area (Å²) in [7, 11) is -3.57. The standard InChI is InChI=1S/C13H18N2O4S/c1-9-7-15(8-10(2)19-9)20(17,18)12-5-3-11(4-6-12)13(14)16/h3-6,9-10H,7-8H2,1-2H3,(H2,14,16)/t9-,10-/m1/s1. The maximum Gasteiger partial charge on any atom is 0.248 e. The number of sulfonamides is 1. The Hall–Kier alpha value is -1.44. The Balaban J connectivity index is 2.27. The van der Waals surface area contributed by atoms with E-state index in [2.05, 4.69) is 0 Å². The first-order valence-electron chi connectivity index (χ1n) is 6.36. The van der Waals surface area contributed by atoms with E-state index >= 15 is 0 Å². The number of hydrogen-bond donors (Lipinski definition) is 1. The van der Waals surface area contributed by atoms with Gasteiger partial charge in [0.25, 0.3) is 0 Å². The van der Waals surface area contributed by atoms with E-state index in [1.54, 1.807) is 0 Å². The van der Waals surface area contributed by atoms with E-state index in [-0.39, 0.29) is 22.7 Å². The average molecular weight is 298 g/mol. The van der Waals surface area contributed by atoms with Gasteiger partial charge in [0.2, 0.25) is 15.9 Å². The quantitative estimate of drug-likeness (QED) is 0.884. The van der Waals surface area contributed by atoms with E-state index in [9.17, 15) is 13.2 Å². The van der Waals surface area contributed by atoms with Gasteiger partial charge in [0, 0.05) is 18.7 Å². The van der Waals surface area contributed by atoms with Crippen LogP contribution in [0.15, 0.2) is 29.2 Å². The minimum absolute atomic E-state index is 0.140. The number of hydrogen-bond acceptors (Lipinski definition) is 4. The van der Waals surface area contributed by atoms with Crippen molar-refractivity contribution in [2.75, 3.05) is 13.1 Å². The van der Waals surface area contributed by atoms with Gasteiger partial charge in [-0.15, -0.1) is 0 Å². The molecule has 0 unspecified atom stereocenters. The van der Waals surface area contributed by atoms with Gasteiger partial charge in [0.15, 0.2) is 0 Å². The van der Waals surface area contributed by atoms with Crippen LogP contribution in [0.25, 0.3) is 0 Å². The van der Waals surface area contributed by atoms with Gasteiger partial charge >= 0.3 is 0 Å². The van der Waals surface area contributed by atoms with E-state index in [1.165, 1.54) is 28.6 Å². The third-order valence-corrected chi connectivity index (χ3v) is 5.01. The maximum absolute atomic E-state index is 12.5. The molecule has 1 aromatic rings. The average Bonchev–Trinajstić information content (AvgIpc) is 2.37. The number of rotatable bonds is 3. The zero-order valence-corrected chi connectivity index (χ0v) is 12.3. The molecular weight excluding hydrogens is 280 g/mol. The number of ether oxygens (including phenoxy) is 1. The van der Waals surface area contributed by atoms with Gasteiger partial charge in [-0.2, -0.15) is 4.31 Å². The molecule has 0 aromatic heterocycles. The molecule has 0 radical (unpaired) electrons. The smallest absolute Gasteiger partial charge is 0.248 e. The summed E-state index contributed by atoms with van der Waals surface area (Å²) < 4.78 is 32.0. The number of nitrogens with two attached hydrogens (primary N) is 1. The molecule has 6 nitrogen and oxygen atoms in total. The Morgan fingerprint density at radius 2 is 1.70 bits per heavy atom. The van der Waals surface area contributed by atoms with Crippen LogP contribution in [0.3, 0.4) is 0 Å². The first-order valence-corrected chi connectivity index (χ1v) is 7.80. The zero-order chi connectivity index (χ0) is 14.9. The molecule has 110 valence electrons. The lowest BCUT2D eigenvalue weighted by atomic mass is 10.2. The lowest BCUT2D eigenvalue weighted by molar-refractivity contribution is -0.0440. The van der Waals surface area contributed by atoms with Crippen molar-refractivity contribution in [3.05, 3.63) is 29.8 Å². The van der Waals surface area contributed by atoms with E-state index < -0.39 is 15.9 Å².